The zero-order chi connectivity index (χ0) is 16.2. The average molecular weight is 306 g/mol. The Labute approximate surface area is 130 Å². The zero-order valence-electron chi connectivity index (χ0n) is 13.2. The zero-order valence-corrected chi connectivity index (χ0v) is 13.2. The van der Waals surface area contributed by atoms with Gasteiger partial charge >= 0.3 is 11.9 Å². The van der Waals surface area contributed by atoms with E-state index in [1.165, 1.54) is 6.92 Å². The highest BCUT2D eigenvalue weighted by atomic mass is 16.6. The molecule has 2 aliphatic carbocycles. The van der Waals surface area contributed by atoms with Crippen LogP contribution in [0.2, 0.25) is 0 Å². The van der Waals surface area contributed by atoms with Crippen LogP contribution in [-0.2, 0) is 19.1 Å². The number of fused-ring (bicyclic) bond motifs is 2. The molecule has 0 amide bonds. The topological polar surface area (TPSA) is 72.8 Å². The first kappa shape index (κ1) is 15.3. The van der Waals surface area contributed by atoms with Gasteiger partial charge < -0.3 is 14.6 Å². The first-order chi connectivity index (χ1) is 10.3. The smallest absolute Gasteiger partial charge is 0.334 e. The van der Waals surface area contributed by atoms with Crippen molar-refractivity contribution in [3.05, 3.63) is 23.3 Å². The molecule has 0 spiro atoms. The summed E-state index contributed by atoms with van der Waals surface area (Å²) >= 11 is 0. The molecule has 3 rings (SSSR count). The average Bonchev–Trinajstić information content (AvgIpc) is 2.68. The van der Waals surface area contributed by atoms with Gasteiger partial charge in [-0.05, 0) is 31.8 Å². The second-order valence-electron chi connectivity index (χ2n) is 6.89. The number of rotatable bonds is 1. The van der Waals surface area contributed by atoms with E-state index in [0.717, 1.165) is 17.6 Å². The van der Waals surface area contributed by atoms with Crippen molar-refractivity contribution >= 4 is 11.9 Å². The molecule has 120 valence electrons. The van der Waals surface area contributed by atoms with Crippen molar-refractivity contribution in [3.63, 3.8) is 0 Å². The second-order valence-corrected chi connectivity index (χ2v) is 6.89. The molecule has 0 bridgehead atoms. The number of ether oxygens (including phenoxy) is 2. The van der Waals surface area contributed by atoms with Crippen LogP contribution in [0.25, 0.3) is 0 Å². The quantitative estimate of drug-likeness (QED) is 0.455. The van der Waals surface area contributed by atoms with Crippen molar-refractivity contribution < 1.29 is 24.2 Å². The third-order valence-corrected chi connectivity index (χ3v) is 5.46. The van der Waals surface area contributed by atoms with Gasteiger partial charge in [0.25, 0.3) is 0 Å². The molecule has 1 saturated heterocycles. The maximum atomic E-state index is 11.9. The van der Waals surface area contributed by atoms with Crippen LogP contribution in [-0.4, -0.2) is 35.4 Å². The molecule has 5 nitrogen and oxygen atoms in total. The largest absolute Gasteiger partial charge is 0.458 e. The van der Waals surface area contributed by atoms with Crippen LogP contribution >= 0.6 is 0 Å². The molecule has 5 atom stereocenters. The SMILES string of the molecule is C=C1C(=O)O[C@H]2C[C@]3(C)C(=C(C)CC[C@H]3O)[C@@H](OC(C)=O)[C@H]12. The number of hydrogen-bond donors (Lipinski definition) is 1. The Kier molecular flexibility index (Phi) is 3.44. The van der Waals surface area contributed by atoms with E-state index in [4.69, 9.17) is 9.47 Å². The van der Waals surface area contributed by atoms with Crippen molar-refractivity contribution in [2.75, 3.05) is 0 Å². The van der Waals surface area contributed by atoms with Gasteiger partial charge in [0.15, 0.2) is 0 Å². The van der Waals surface area contributed by atoms with Gasteiger partial charge in [-0.1, -0.05) is 19.1 Å². The fourth-order valence-electron chi connectivity index (χ4n) is 4.39. The van der Waals surface area contributed by atoms with E-state index in [2.05, 4.69) is 6.58 Å². The van der Waals surface area contributed by atoms with Crippen LogP contribution in [0.4, 0.5) is 0 Å². The fourth-order valence-corrected chi connectivity index (χ4v) is 4.39. The third kappa shape index (κ3) is 2.02. The number of aliphatic hydroxyl groups is 1. The summed E-state index contributed by atoms with van der Waals surface area (Å²) < 4.78 is 11.0. The van der Waals surface area contributed by atoms with Gasteiger partial charge in [0.05, 0.1) is 12.0 Å². The van der Waals surface area contributed by atoms with Crippen molar-refractivity contribution in [1.82, 2.24) is 0 Å². The number of allylic oxidation sites excluding steroid dienone is 1. The number of hydrogen-bond acceptors (Lipinski definition) is 5. The summed E-state index contributed by atoms with van der Waals surface area (Å²) in [6, 6.07) is 0. The minimum atomic E-state index is -0.574. The molecule has 22 heavy (non-hydrogen) atoms. The second kappa shape index (κ2) is 4.95. The summed E-state index contributed by atoms with van der Waals surface area (Å²) in [6.45, 7) is 9.17. The maximum Gasteiger partial charge on any atom is 0.334 e. The van der Waals surface area contributed by atoms with E-state index < -0.39 is 35.7 Å². The fraction of sp³-hybridized carbons (Fsp3) is 0.647. The number of carbonyl (C=O) groups is 2. The van der Waals surface area contributed by atoms with Gasteiger partial charge in [-0.3, -0.25) is 4.79 Å². The standard InChI is InChI=1S/C17H22O5/c1-8-5-6-12(19)17(4)7-11-13(9(2)16(20)22-11)15(14(8)17)21-10(3)18/h11-13,15,19H,2,5-7H2,1,3-4H3/t11-,12+,13+,15-,17-/m0/s1. The Hall–Kier alpha value is -1.62. The Bertz CT molecular complexity index is 590. The molecule has 5 heteroatoms. The molecule has 0 aromatic rings. The molecule has 0 aromatic heterocycles. The van der Waals surface area contributed by atoms with Crippen LogP contribution in [0.1, 0.15) is 40.0 Å². The van der Waals surface area contributed by atoms with Crippen LogP contribution in [0.15, 0.2) is 23.3 Å². The summed E-state index contributed by atoms with van der Waals surface area (Å²) in [5.74, 6) is -1.18. The first-order valence-electron chi connectivity index (χ1n) is 7.71. The molecule has 0 radical (unpaired) electrons. The molecule has 1 N–H and O–H groups in total. The molecule has 0 aromatic carbocycles. The summed E-state index contributed by atoms with van der Waals surface area (Å²) in [7, 11) is 0. The minimum absolute atomic E-state index is 0.347. The van der Waals surface area contributed by atoms with Crippen LogP contribution < -0.4 is 0 Å². The molecule has 0 unspecified atom stereocenters. The van der Waals surface area contributed by atoms with Crippen molar-refractivity contribution in [3.8, 4) is 0 Å². The van der Waals surface area contributed by atoms with Gasteiger partial charge in [-0.2, -0.15) is 0 Å². The lowest BCUT2D eigenvalue weighted by Gasteiger charge is -2.50. The molecule has 1 heterocycles. The van der Waals surface area contributed by atoms with E-state index in [1.54, 1.807) is 0 Å². The van der Waals surface area contributed by atoms with Crippen molar-refractivity contribution in [2.45, 2.75) is 58.3 Å². The van der Waals surface area contributed by atoms with Crippen molar-refractivity contribution in [2.24, 2.45) is 11.3 Å². The van der Waals surface area contributed by atoms with E-state index >= 15 is 0 Å². The van der Waals surface area contributed by atoms with E-state index in [0.29, 0.717) is 18.4 Å². The third-order valence-electron chi connectivity index (χ3n) is 5.46. The summed E-state index contributed by atoms with van der Waals surface area (Å²) in [6.07, 6.45) is 0.480. The van der Waals surface area contributed by atoms with Gasteiger partial charge in [-0.15, -0.1) is 0 Å². The number of carbonyl (C=O) groups excluding carboxylic acids is 2. The van der Waals surface area contributed by atoms with E-state index in [-0.39, 0.29) is 5.92 Å². The summed E-state index contributed by atoms with van der Waals surface area (Å²) in [5, 5.41) is 10.5. The number of aliphatic hydroxyl groups excluding tert-OH is 1. The molecular weight excluding hydrogens is 284 g/mol. The van der Waals surface area contributed by atoms with E-state index in [1.807, 2.05) is 13.8 Å². The molecule has 1 saturated carbocycles. The Morgan fingerprint density at radius 1 is 1.50 bits per heavy atom. The lowest BCUT2D eigenvalue weighted by Crippen LogP contribution is -2.53. The maximum absolute atomic E-state index is 11.9. The van der Waals surface area contributed by atoms with Crippen LogP contribution in [0.3, 0.4) is 0 Å². The highest BCUT2D eigenvalue weighted by molar-refractivity contribution is 5.91. The van der Waals surface area contributed by atoms with Crippen molar-refractivity contribution in [1.29, 1.82) is 0 Å². The minimum Gasteiger partial charge on any atom is -0.458 e. The molecule has 3 aliphatic rings. The number of esters is 2. The normalized spacial score (nSPS) is 40.9. The predicted molar refractivity (Wildman–Crippen MR) is 78.7 cm³/mol. The monoisotopic (exact) mass is 306 g/mol. The van der Waals surface area contributed by atoms with Crippen LogP contribution in [0, 0.1) is 11.3 Å². The predicted octanol–water partition coefficient (Wildman–Crippen LogP) is 1.90. The lowest BCUT2D eigenvalue weighted by molar-refractivity contribution is -0.154. The van der Waals surface area contributed by atoms with Gasteiger partial charge in [0, 0.05) is 17.9 Å². The van der Waals surface area contributed by atoms with E-state index in [9.17, 15) is 14.7 Å². The van der Waals surface area contributed by atoms with Crippen LogP contribution in [0.5, 0.6) is 0 Å². The molecular formula is C17H22O5. The first-order valence-corrected chi connectivity index (χ1v) is 7.71. The Balaban J connectivity index is 2.12. The van der Waals surface area contributed by atoms with Gasteiger partial charge in [-0.25, -0.2) is 4.79 Å². The lowest BCUT2D eigenvalue weighted by atomic mass is 9.58. The molecule has 1 aliphatic heterocycles. The molecule has 2 fully saturated rings. The summed E-state index contributed by atoms with van der Waals surface area (Å²) in [4.78, 5) is 23.5. The highest BCUT2D eigenvalue weighted by Crippen LogP contribution is 2.55. The van der Waals surface area contributed by atoms with Gasteiger partial charge in [0.2, 0.25) is 0 Å². The highest BCUT2D eigenvalue weighted by Gasteiger charge is 2.59. The summed E-state index contributed by atoms with van der Waals surface area (Å²) in [5.41, 5.74) is 1.90. The Morgan fingerprint density at radius 2 is 2.18 bits per heavy atom. The van der Waals surface area contributed by atoms with Gasteiger partial charge in [0.1, 0.15) is 12.2 Å². The Morgan fingerprint density at radius 3 is 2.82 bits per heavy atom.